The zero-order valence-electron chi connectivity index (χ0n) is 22.1. The van der Waals surface area contributed by atoms with Crippen molar-refractivity contribution in [2.24, 2.45) is 0 Å². The number of aromatic nitrogens is 1. The number of aromatic amines is 1. The van der Waals surface area contributed by atoms with Crippen LogP contribution in [0, 0.1) is 12.7 Å². The van der Waals surface area contributed by atoms with Crippen LogP contribution in [0.1, 0.15) is 42.3 Å². The number of hydrogen-bond acceptors (Lipinski definition) is 4. The number of piperidine rings is 1. The maximum atomic E-state index is 15.3. The van der Waals surface area contributed by atoms with Gasteiger partial charge in [-0.25, -0.2) is 13.6 Å². The van der Waals surface area contributed by atoms with Crippen LogP contribution in [0.2, 0.25) is 0 Å². The van der Waals surface area contributed by atoms with Gasteiger partial charge in [0, 0.05) is 35.2 Å². The van der Waals surface area contributed by atoms with Gasteiger partial charge < -0.3 is 9.32 Å². The van der Waals surface area contributed by atoms with E-state index in [1.54, 1.807) is 23.1 Å². The number of benzene rings is 2. The Bertz CT molecular complexity index is 1410. The Kier molecular flexibility index (Phi) is 4.02. The molecule has 1 amide bonds. The molecule has 1 N–H and O–H groups in total. The molecule has 2 fully saturated rings. The van der Waals surface area contributed by atoms with Gasteiger partial charge in [0.05, 0.1) is 14.3 Å². The van der Waals surface area contributed by atoms with E-state index in [4.69, 9.17) is 11.3 Å². The molecule has 5 rings (SSSR count). The van der Waals surface area contributed by atoms with Crippen molar-refractivity contribution in [1.82, 2.24) is 14.8 Å². The molecule has 0 saturated carbocycles. The largest absolute Gasteiger partial charge is 0.417 e. The lowest BCUT2D eigenvalue weighted by molar-refractivity contribution is -0.133. The maximum absolute atomic E-state index is 15.3. The van der Waals surface area contributed by atoms with Crippen LogP contribution in [0.15, 0.2) is 45.6 Å². The normalized spacial score (nSPS) is 27.7. The fourth-order valence-corrected chi connectivity index (χ4v) is 4.65. The monoisotopic (exact) mass is 446 g/mol. The second kappa shape index (κ2) is 8.16. The summed E-state index contributed by atoms with van der Waals surface area (Å²) in [5.74, 6) is -2.65. The minimum Gasteiger partial charge on any atom is -0.408 e. The molecule has 6 nitrogen and oxygen atoms in total. The number of carbonyl (C=O) groups excluding carboxylic acids is 1. The van der Waals surface area contributed by atoms with Crippen LogP contribution in [0.3, 0.4) is 0 Å². The molecular weight excluding hydrogens is 416 g/mol. The van der Waals surface area contributed by atoms with E-state index >= 15 is 4.39 Å². The van der Waals surface area contributed by atoms with Crippen molar-refractivity contribution in [3.8, 4) is 0 Å². The molecule has 0 aliphatic carbocycles. The first-order valence-electron chi connectivity index (χ1n) is 13.0. The number of fused-ring (bicyclic) bond motifs is 1. The molecular formula is C24H25F2N3O3. The van der Waals surface area contributed by atoms with Gasteiger partial charge in [-0.2, -0.15) is 0 Å². The highest BCUT2D eigenvalue weighted by Gasteiger charge is 2.40. The Morgan fingerprint density at radius 1 is 1.22 bits per heavy atom. The molecule has 0 radical (unpaired) electrons. The van der Waals surface area contributed by atoms with Crippen LogP contribution in [0.4, 0.5) is 8.78 Å². The molecule has 2 aliphatic rings. The summed E-state index contributed by atoms with van der Waals surface area (Å²) in [5.41, 5.74) is 0.874. The Morgan fingerprint density at radius 3 is 2.88 bits per heavy atom. The maximum Gasteiger partial charge on any atom is 0.417 e. The number of amides is 1. The third-order valence-corrected chi connectivity index (χ3v) is 6.29. The van der Waals surface area contributed by atoms with Crippen molar-refractivity contribution in [2.45, 2.75) is 44.3 Å². The molecule has 3 atom stereocenters. The van der Waals surface area contributed by atoms with Gasteiger partial charge in [-0.05, 0) is 55.6 Å². The number of nitrogens with zero attached hydrogens (tertiary/aromatic N) is 2. The van der Waals surface area contributed by atoms with E-state index in [1.165, 1.54) is 0 Å². The molecule has 3 heterocycles. The smallest absolute Gasteiger partial charge is 0.408 e. The number of likely N-dealkylation sites (tertiary alicyclic amines) is 2. The Labute approximate surface area is 190 Å². The summed E-state index contributed by atoms with van der Waals surface area (Å²) in [4.78, 5) is 29.8. The average molecular weight is 447 g/mol. The summed E-state index contributed by atoms with van der Waals surface area (Å²) in [6.45, 7) is -4.68. The van der Waals surface area contributed by atoms with Crippen LogP contribution in [-0.4, -0.2) is 52.5 Å². The Balaban J connectivity index is 1.29. The minimum atomic E-state index is -2.54. The van der Waals surface area contributed by atoms with Crippen molar-refractivity contribution in [3.63, 3.8) is 0 Å². The number of nitrogens with one attached hydrogen (secondary N) is 1. The number of aryl methyl sites for hydroxylation is 1. The van der Waals surface area contributed by atoms with Crippen LogP contribution in [0.5, 0.6) is 0 Å². The van der Waals surface area contributed by atoms with Gasteiger partial charge in [0.1, 0.15) is 12.0 Å². The lowest BCUT2D eigenvalue weighted by atomic mass is 9.87. The SMILES string of the molecule is [2H]C([2H])([2H])c1ccc(C([2H])([2H])N2CCC(N3CCC(c4ccc5[nH]c(=O)oc5c4)C(F)C3)C2=O)c(F)c1. The number of H-pyrrole nitrogens is 1. The third-order valence-electron chi connectivity index (χ3n) is 6.29. The second-order valence-electron chi connectivity index (χ2n) is 8.28. The van der Waals surface area contributed by atoms with E-state index in [9.17, 15) is 14.0 Å². The van der Waals surface area contributed by atoms with Crippen LogP contribution in [-0.2, 0) is 11.3 Å². The number of oxazole rings is 1. The molecule has 168 valence electrons. The fourth-order valence-electron chi connectivity index (χ4n) is 4.65. The van der Waals surface area contributed by atoms with E-state index in [-0.39, 0.29) is 25.1 Å². The predicted molar refractivity (Wildman–Crippen MR) is 116 cm³/mol. The fraction of sp³-hybridized carbons (Fsp3) is 0.417. The highest BCUT2D eigenvalue weighted by molar-refractivity contribution is 5.84. The summed E-state index contributed by atoms with van der Waals surface area (Å²) in [6, 6.07) is 7.27. The van der Waals surface area contributed by atoms with E-state index in [0.29, 0.717) is 29.6 Å². The molecule has 8 heteroatoms. The molecule has 1 aromatic heterocycles. The number of carbonyl (C=O) groups is 1. The molecule has 2 saturated heterocycles. The van der Waals surface area contributed by atoms with Gasteiger partial charge in [-0.15, -0.1) is 0 Å². The van der Waals surface area contributed by atoms with Gasteiger partial charge in [-0.1, -0.05) is 18.2 Å². The zero-order chi connectivity index (χ0) is 26.7. The predicted octanol–water partition coefficient (Wildman–Crippen LogP) is 3.50. The molecule has 0 bridgehead atoms. The summed E-state index contributed by atoms with van der Waals surface area (Å²) >= 11 is 0. The molecule has 3 unspecified atom stereocenters. The van der Waals surface area contributed by atoms with Crippen molar-refractivity contribution in [2.75, 3.05) is 19.6 Å². The quantitative estimate of drug-likeness (QED) is 0.666. The number of rotatable bonds is 4. The second-order valence-corrected chi connectivity index (χ2v) is 8.28. The summed E-state index contributed by atoms with van der Waals surface area (Å²) < 4.78 is 74.3. The van der Waals surface area contributed by atoms with Crippen LogP contribution < -0.4 is 5.76 Å². The number of alkyl halides is 1. The molecule has 3 aromatic rings. The minimum absolute atomic E-state index is 0.0109. The van der Waals surface area contributed by atoms with Gasteiger partial charge in [0.15, 0.2) is 5.58 Å². The average Bonchev–Trinajstić information content (AvgIpc) is 3.39. The van der Waals surface area contributed by atoms with Gasteiger partial charge >= 0.3 is 5.76 Å². The highest BCUT2D eigenvalue weighted by atomic mass is 19.1. The Morgan fingerprint density at radius 2 is 2.09 bits per heavy atom. The van der Waals surface area contributed by atoms with Gasteiger partial charge in [-0.3, -0.25) is 14.7 Å². The summed E-state index contributed by atoms with van der Waals surface area (Å²) in [6.07, 6.45) is -0.644. The third kappa shape index (κ3) is 3.83. The molecule has 0 spiro atoms. The van der Waals surface area contributed by atoms with E-state index < -0.39 is 54.5 Å². The molecule has 2 aromatic carbocycles. The lowest BCUT2D eigenvalue weighted by Crippen LogP contribution is -2.49. The molecule has 2 aliphatic heterocycles. The van der Waals surface area contributed by atoms with Gasteiger partial charge in [0.2, 0.25) is 5.91 Å². The van der Waals surface area contributed by atoms with Crippen molar-refractivity contribution < 1.29 is 24.8 Å². The van der Waals surface area contributed by atoms with Crippen molar-refractivity contribution in [1.29, 1.82) is 0 Å². The van der Waals surface area contributed by atoms with Crippen LogP contribution >= 0.6 is 0 Å². The van der Waals surface area contributed by atoms with Crippen molar-refractivity contribution >= 4 is 17.0 Å². The first-order chi connectivity index (χ1) is 17.4. The van der Waals surface area contributed by atoms with Gasteiger partial charge in [0.25, 0.3) is 0 Å². The standard InChI is InChI=1S/C24H25F2N3O3/c1-14-2-3-16(18(25)10-14)12-29-9-7-21(23(29)30)28-8-6-17(19(26)13-28)15-4-5-20-22(11-15)32-24(31)27-20/h2-5,10-11,17,19,21H,6-9,12-13H2,1H3,(H,27,31)/i1D3,12D2. The number of halogens is 2. The highest BCUT2D eigenvalue weighted by Crippen LogP contribution is 2.34. The first kappa shape index (κ1) is 15.7. The van der Waals surface area contributed by atoms with E-state index in [0.717, 1.165) is 23.1 Å². The van der Waals surface area contributed by atoms with Crippen molar-refractivity contribution in [3.05, 3.63) is 69.5 Å². The zero-order valence-corrected chi connectivity index (χ0v) is 17.1. The Hall–Kier alpha value is -3.00. The van der Waals surface area contributed by atoms with Crippen LogP contribution in [0.25, 0.3) is 11.1 Å². The van der Waals surface area contributed by atoms with E-state index in [2.05, 4.69) is 4.98 Å². The topological polar surface area (TPSA) is 69.6 Å². The molecule has 32 heavy (non-hydrogen) atoms. The summed E-state index contributed by atoms with van der Waals surface area (Å²) in [7, 11) is 0. The lowest BCUT2D eigenvalue weighted by Gasteiger charge is -2.37. The first-order valence-corrected chi connectivity index (χ1v) is 10.5. The van der Waals surface area contributed by atoms with E-state index in [1.807, 2.05) is 0 Å². The summed E-state index contributed by atoms with van der Waals surface area (Å²) in [5, 5.41) is 0. The number of hydrogen-bond donors (Lipinski definition) is 1.